The monoisotopic (exact) mass is 554 g/mol. The molecule has 3 fully saturated rings. The van der Waals surface area contributed by atoms with Crippen LogP contribution in [0.25, 0.3) is 0 Å². The third-order valence-electron chi connectivity index (χ3n) is 7.59. The predicted octanol–water partition coefficient (Wildman–Crippen LogP) is 3.60. The molecule has 1 aromatic carbocycles. The smallest absolute Gasteiger partial charge is 0.223 e. The zero-order valence-electron chi connectivity index (χ0n) is 19.5. The van der Waals surface area contributed by atoms with Crippen molar-refractivity contribution in [2.45, 2.75) is 64.0 Å². The van der Waals surface area contributed by atoms with E-state index < -0.39 is 0 Å². The number of ether oxygens (including phenoxy) is 1. The number of nitrogens with zero attached hydrogens (tertiary/aromatic N) is 2. The minimum atomic E-state index is 0. The summed E-state index contributed by atoms with van der Waals surface area (Å²) < 4.78 is 6.04. The van der Waals surface area contributed by atoms with Gasteiger partial charge >= 0.3 is 0 Å². The Hall–Kier alpha value is -1.35. The molecule has 2 aliphatic carbocycles. The molecule has 0 bridgehead atoms. The third kappa shape index (κ3) is 5.58. The zero-order chi connectivity index (χ0) is 21.7. The van der Waals surface area contributed by atoms with Crippen molar-refractivity contribution >= 4 is 35.8 Å². The lowest BCUT2D eigenvalue weighted by molar-refractivity contribution is -0.127. The summed E-state index contributed by atoms with van der Waals surface area (Å²) >= 11 is 0. The van der Waals surface area contributed by atoms with E-state index in [4.69, 9.17) is 4.74 Å². The second-order valence-corrected chi connectivity index (χ2v) is 9.42. The molecule has 2 N–H and O–H groups in total. The van der Waals surface area contributed by atoms with Gasteiger partial charge in [-0.3, -0.25) is 9.79 Å². The van der Waals surface area contributed by atoms with Crippen molar-refractivity contribution in [2.24, 2.45) is 16.3 Å². The maximum absolute atomic E-state index is 12.5. The van der Waals surface area contributed by atoms with E-state index in [0.29, 0.717) is 24.5 Å². The van der Waals surface area contributed by atoms with Crippen LogP contribution < -0.4 is 10.6 Å². The van der Waals surface area contributed by atoms with Gasteiger partial charge in [0.25, 0.3) is 0 Å². The molecule has 6 nitrogen and oxygen atoms in total. The van der Waals surface area contributed by atoms with E-state index in [1.165, 1.54) is 31.2 Å². The minimum Gasteiger partial charge on any atom is -0.378 e. The van der Waals surface area contributed by atoms with Crippen LogP contribution in [-0.2, 0) is 16.0 Å². The molecular weight excluding hydrogens is 515 g/mol. The summed E-state index contributed by atoms with van der Waals surface area (Å²) in [4.78, 5) is 18.9. The summed E-state index contributed by atoms with van der Waals surface area (Å²) in [5.74, 6) is 1.47. The first-order chi connectivity index (χ1) is 15.1. The standard InChI is InChI=1S/C25H38N4O2.HI/c1-3-31-22-16-21(25(22)12-7-8-13-25)28-24(26-2)27-17-20-15-23(30)29(18-20)14-11-19-9-5-4-6-10-19;/h4-6,9-10,20-22H,3,7-8,11-18H2,1-2H3,(H2,26,27,28);1H. The van der Waals surface area contributed by atoms with Gasteiger partial charge in [-0.15, -0.1) is 24.0 Å². The molecule has 3 atom stereocenters. The maximum Gasteiger partial charge on any atom is 0.223 e. The molecule has 0 aromatic heterocycles. The normalized spacial score (nSPS) is 26.7. The fourth-order valence-electron chi connectivity index (χ4n) is 5.81. The molecule has 1 aliphatic heterocycles. The summed E-state index contributed by atoms with van der Waals surface area (Å²) in [6.07, 6.45) is 8.09. The summed E-state index contributed by atoms with van der Waals surface area (Å²) in [5, 5.41) is 7.18. The number of likely N-dealkylation sites (tertiary alicyclic amines) is 1. The van der Waals surface area contributed by atoms with E-state index in [-0.39, 0.29) is 35.3 Å². The van der Waals surface area contributed by atoms with E-state index in [1.807, 2.05) is 18.0 Å². The number of carbonyl (C=O) groups excluding carboxylic acids is 1. The van der Waals surface area contributed by atoms with Crippen LogP contribution in [0.5, 0.6) is 0 Å². The Kier molecular flexibility index (Phi) is 9.22. The highest BCUT2D eigenvalue weighted by Gasteiger charge is 2.57. The second kappa shape index (κ2) is 11.7. The van der Waals surface area contributed by atoms with Crippen molar-refractivity contribution < 1.29 is 9.53 Å². The van der Waals surface area contributed by atoms with E-state index in [9.17, 15) is 4.79 Å². The molecule has 3 unspecified atom stereocenters. The predicted molar refractivity (Wildman–Crippen MR) is 139 cm³/mol. The summed E-state index contributed by atoms with van der Waals surface area (Å²) in [7, 11) is 1.83. The van der Waals surface area contributed by atoms with Gasteiger partial charge in [-0.1, -0.05) is 43.2 Å². The SMILES string of the molecule is CCOC1CC(NC(=NC)NCC2CC(=O)N(CCc3ccccc3)C2)C12CCCC2.I. The number of halogens is 1. The molecule has 3 aliphatic rings. The van der Waals surface area contributed by atoms with E-state index in [1.54, 1.807) is 0 Å². The highest BCUT2D eigenvalue weighted by molar-refractivity contribution is 14.0. The quantitative estimate of drug-likeness (QED) is 0.293. The van der Waals surface area contributed by atoms with Crippen LogP contribution in [0, 0.1) is 11.3 Å². The Labute approximate surface area is 210 Å². The summed E-state index contributed by atoms with van der Waals surface area (Å²) in [5.41, 5.74) is 1.57. The molecule has 1 spiro atoms. The molecule has 32 heavy (non-hydrogen) atoms. The molecule has 1 heterocycles. The van der Waals surface area contributed by atoms with Crippen LogP contribution in [0.3, 0.4) is 0 Å². The number of nitrogens with one attached hydrogen (secondary N) is 2. The fraction of sp³-hybridized carbons (Fsp3) is 0.680. The number of carbonyl (C=O) groups is 1. The van der Waals surface area contributed by atoms with Gasteiger partial charge in [0, 0.05) is 57.1 Å². The number of hydrogen-bond donors (Lipinski definition) is 2. The molecule has 0 radical (unpaired) electrons. The van der Waals surface area contributed by atoms with E-state index in [2.05, 4.69) is 46.8 Å². The first kappa shape index (κ1) is 25.3. The number of benzene rings is 1. The van der Waals surface area contributed by atoms with Crippen molar-refractivity contribution in [1.82, 2.24) is 15.5 Å². The number of amides is 1. The van der Waals surface area contributed by atoms with Gasteiger partial charge < -0.3 is 20.3 Å². The first-order valence-electron chi connectivity index (χ1n) is 12.0. The largest absolute Gasteiger partial charge is 0.378 e. The minimum absolute atomic E-state index is 0. The van der Waals surface area contributed by atoms with Crippen LogP contribution in [0.4, 0.5) is 0 Å². The molecule has 7 heteroatoms. The molecular formula is C25H39IN4O2. The van der Waals surface area contributed by atoms with Crippen molar-refractivity contribution in [2.75, 3.05) is 33.3 Å². The van der Waals surface area contributed by atoms with Crippen molar-refractivity contribution in [3.8, 4) is 0 Å². The van der Waals surface area contributed by atoms with Crippen LogP contribution >= 0.6 is 24.0 Å². The van der Waals surface area contributed by atoms with Crippen LogP contribution in [0.1, 0.15) is 51.0 Å². The summed E-state index contributed by atoms with van der Waals surface area (Å²) in [6.45, 7) is 5.30. The number of aliphatic imine (C=N–C) groups is 1. The molecule has 1 aromatic rings. The lowest BCUT2D eigenvalue weighted by atomic mass is 9.60. The molecule has 2 saturated carbocycles. The van der Waals surface area contributed by atoms with Gasteiger partial charge in [-0.2, -0.15) is 0 Å². The maximum atomic E-state index is 12.5. The first-order valence-corrected chi connectivity index (χ1v) is 12.0. The number of rotatable bonds is 8. The summed E-state index contributed by atoms with van der Waals surface area (Å²) in [6, 6.07) is 10.8. The number of guanidine groups is 1. The van der Waals surface area contributed by atoms with E-state index in [0.717, 1.165) is 45.0 Å². The topological polar surface area (TPSA) is 66.0 Å². The average molecular weight is 555 g/mol. The van der Waals surface area contributed by atoms with Crippen molar-refractivity contribution in [3.63, 3.8) is 0 Å². The zero-order valence-corrected chi connectivity index (χ0v) is 21.8. The lowest BCUT2D eigenvalue weighted by Crippen LogP contribution is -2.65. The Bertz CT molecular complexity index is 766. The Morgan fingerprint density at radius 1 is 1.25 bits per heavy atom. The van der Waals surface area contributed by atoms with Crippen molar-refractivity contribution in [1.29, 1.82) is 0 Å². The van der Waals surface area contributed by atoms with Gasteiger partial charge in [0.15, 0.2) is 5.96 Å². The van der Waals surface area contributed by atoms with Crippen LogP contribution in [0.2, 0.25) is 0 Å². The third-order valence-corrected chi connectivity index (χ3v) is 7.59. The highest BCUT2D eigenvalue weighted by atomic mass is 127. The Balaban J connectivity index is 0.00000289. The van der Waals surface area contributed by atoms with E-state index >= 15 is 0 Å². The Morgan fingerprint density at radius 3 is 2.69 bits per heavy atom. The van der Waals surface area contributed by atoms with Gasteiger partial charge in [-0.25, -0.2) is 0 Å². The Morgan fingerprint density at radius 2 is 2.00 bits per heavy atom. The molecule has 178 valence electrons. The number of hydrogen-bond acceptors (Lipinski definition) is 3. The van der Waals surface area contributed by atoms with Gasteiger partial charge in [0.2, 0.25) is 5.91 Å². The van der Waals surface area contributed by atoms with Gasteiger partial charge in [-0.05, 0) is 38.2 Å². The van der Waals surface area contributed by atoms with Crippen LogP contribution in [0.15, 0.2) is 35.3 Å². The van der Waals surface area contributed by atoms with Gasteiger partial charge in [0.05, 0.1) is 6.10 Å². The van der Waals surface area contributed by atoms with Crippen LogP contribution in [-0.4, -0.2) is 62.2 Å². The molecule has 1 amide bonds. The molecule has 4 rings (SSSR count). The fourth-order valence-corrected chi connectivity index (χ4v) is 5.81. The molecule has 1 saturated heterocycles. The lowest BCUT2D eigenvalue weighted by Gasteiger charge is -2.54. The van der Waals surface area contributed by atoms with Crippen molar-refractivity contribution in [3.05, 3.63) is 35.9 Å². The highest BCUT2D eigenvalue weighted by Crippen LogP contribution is 2.54. The average Bonchev–Trinajstić information content (AvgIpc) is 3.43. The van der Waals surface area contributed by atoms with Gasteiger partial charge in [0.1, 0.15) is 0 Å². The second-order valence-electron chi connectivity index (χ2n) is 9.42.